The van der Waals surface area contributed by atoms with Gasteiger partial charge in [-0.3, -0.25) is 4.79 Å². The van der Waals surface area contributed by atoms with Crippen LogP contribution in [0.25, 0.3) is 0 Å². The second-order valence-corrected chi connectivity index (χ2v) is 6.30. The van der Waals surface area contributed by atoms with Crippen LogP contribution in [0.2, 0.25) is 0 Å². The number of ether oxygens (including phenoxy) is 1. The summed E-state index contributed by atoms with van der Waals surface area (Å²) in [5.41, 5.74) is 6.54. The van der Waals surface area contributed by atoms with Crippen molar-refractivity contribution in [3.63, 3.8) is 0 Å². The molecule has 142 valence electrons. The lowest BCUT2D eigenvalue weighted by atomic mass is 10.2. The summed E-state index contributed by atoms with van der Waals surface area (Å²) in [7, 11) is 0. The molecule has 0 aliphatic heterocycles. The first-order chi connectivity index (χ1) is 13.7. The number of hydrazone groups is 1. The molecule has 5 heteroatoms. The molecule has 28 heavy (non-hydrogen) atoms. The van der Waals surface area contributed by atoms with E-state index in [1.807, 2.05) is 85.8 Å². The fraction of sp³-hybridized carbons (Fsp3) is 0.130. The first-order valence-electron chi connectivity index (χ1n) is 9.09. The van der Waals surface area contributed by atoms with E-state index >= 15 is 0 Å². The Bertz CT molecular complexity index is 922. The molecule has 1 amide bonds. The summed E-state index contributed by atoms with van der Waals surface area (Å²) in [6, 6.07) is 25.4. The van der Waals surface area contributed by atoms with Crippen molar-refractivity contribution in [1.29, 1.82) is 0 Å². The number of nitrogens with zero attached hydrogens (tertiary/aromatic N) is 1. The van der Waals surface area contributed by atoms with E-state index in [0.29, 0.717) is 6.61 Å². The van der Waals surface area contributed by atoms with Crippen LogP contribution in [0.1, 0.15) is 16.7 Å². The van der Waals surface area contributed by atoms with Crippen LogP contribution in [0.3, 0.4) is 0 Å². The first kappa shape index (κ1) is 19.2. The third kappa shape index (κ3) is 5.99. The maximum absolute atomic E-state index is 11.9. The fourth-order valence-corrected chi connectivity index (χ4v) is 2.56. The molecule has 3 aromatic carbocycles. The van der Waals surface area contributed by atoms with Crippen molar-refractivity contribution < 1.29 is 9.53 Å². The Hall–Kier alpha value is -3.60. The van der Waals surface area contributed by atoms with E-state index < -0.39 is 0 Å². The Balaban J connectivity index is 1.42. The number of para-hydroxylation sites is 1. The molecule has 5 nitrogen and oxygen atoms in total. The van der Waals surface area contributed by atoms with Crippen molar-refractivity contribution in [2.75, 3.05) is 11.9 Å². The van der Waals surface area contributed by atoms with Gasteiger partial charge in [0.05, 0.1) is 12.8 Å². The molecule has 0 unspecified atom stereocenters. The van der Waals surface area contributed by atoms with E-state index in [2.05, 4.69) is 15.8 Å². The van der Waals surface area contributed by atoms with E-state index in [1.54, 1.807) is 6.21 Å². The molecule has 0 heterocycles. The van der Waals surface area contributed by atoms with Gasteiger partial charge in [0.15, 0.2) is 0 Å². The summed E-state index contributed by atoms with van der Waals surface area (Å²) in [5, 5.41) is 7.09. The number of carbonyl (C=O) groups is 1. The molecule has 0 aromatic heterocycles. The van der Waals surface area contributed by atoms with Crippen LogP contribution in [-0.4, -0.2) is 18.7 Å². The maximum atomic E-state index is 11.9. The second-order valence-electron chi connectivity index (χ2n) is 6.30. The van der Waals surface area contributed by atoms with E-state index in [-0.39, 0.29) is 12.5 Å². The normalized spacial score (nSPS) is 10.6. The van der Waals surface area contributed by atoms with Gasteiger partial charge in [0, 0.05) is 5.69 Å². The van der Waals surface area contributed by atoms with Gasteiger partial charge in [0.2, 0.25) is 0 Å². The SMILES string of the molecule is Cc1ccccc1NCC(=O)N/N=C\c1ccc(OCc2ccccc2)cc1. The number of hydrogen-bond donors (Lipinski definition) is 2. The van der Waals surface area contributed by atoms with E-state index in [0.717, 1.165) is 28.1 Å². The Labute approximate surface area is 165 Å². The zero-order valence-corrected chi connectivity index (χ0v) is 15.8. The summed E-state index contributed by atoms with van der Waals surface area (Å²) in [5.74, 6) is 0.579. The van der Waals surface area contributed by atoms with Crippen LogP contribution < -0.4 is 15.5 Å². The monoisotopic (exact) mass is 373 g/mol. The van der Waals surface area contributed by atoms with Crippen molar-refractivity contribution in [1.82, 2.24) is 5.43 Å². The Morgan fingerprint density at radius 2 is 1.68 bits per heavy atom. The zero-order chi connectivity index (χ0) is 19.6. The molecule has 2 N–H and O–H groups in total. The molecular formula is C23H23N3O2. The number of carbonyl (C=O) groups excluding carboxylic acids is 1. The maximum Gasteiger partial charge on any atom is 0.259 e. The van der Waals surface area contributed by atoms with Gasteiger partial charge in [-0.05, 0) is 53.9 Å². The highest BCUT2D eigenvalue weighted by molar-refractivity contribution is 5.84. The van der Waals surface area contributed by atoms with Crippen molar-refractivity contribution >= 4 is 17.8 Å². The van der Waals surface area contributed by atoms with Crippen molar-refractivity contribution in [2.24, 2.45) is 5.10 Å². The third-order valence-corrected chi connectivity index (χ3v) is 4.12. The summed E-state index contributed by atoms with van der Waals surface area (Å²) in [4.78, 5) is 11.9. The number of hydrogen-bond acceptors (Lipinski definition) is 4. The van der Waals surface area contributed by atoms with Crippen molar-refractivity contribution in [2.45, 2.75) is 13.5 Å². The number of benzene rings is 3. The Kier molecular flexibility index (Phi) is 6.79. The molecule has 3 aromatic rings. The van der Waals surface area contributed by atoms with Gasteiger partial charge in [-0.2, -0.15) is 5.10 Å². The van der Waals surface area contributed by atoms with Gasteiger partial charge < -0.3 is 10.1 Å². The predicted molar refractivity (Wildman–Crippen MR) is 113 cm³/mol. The number of nitrogens with one attached hydrogen (secondary N) is 2. The molecule has 0 saturated carbocycles. The molecule has 0 atom stereocenters. The van der Waals surface area contributed by atoms with Gasteiger partial charge in [-0.25, -0.2) is 5.43 Å². The highest BCUT2D eigenvalue weighted by atomic mass is 16.5. The topological polar surface area (TPSA) is 62.7 Å². The van der Waals surface area contributed by atoms with Gasteiger partial charge in [-0.1, -0.05) is 48.5 Å². The summed E-state index contributed by atoms with van der Waals surface area (Å²) in [6.45, 7) is 2.68. The van der Waals surface area contributed by atoms with E-state index in [4.69, 9.17) is 4.74 Å². The fourth-order valence-electron chi connectivity index (χ4n) is 2.56. The zero-order valence-electron chi connectivity index (χ0n) is 15.8. The van der Waals surface area contributed by atoms with Crippen LogP contribution in [0, 0.1) is 6.92 Å². The predicted octanol–water partition coefficient (Wildman–Crippen LogP) is 4.14. The highest BCUT2D eigenvalue weighted by Crippen LogP contribution is 2.14. The minimum atomic E-state index is -0.206. The lowest BCUT2D eigenvalue weighted by molar-refractivity contribution is -0.119. The van der Waals surface area contributed by atoms with Crippen LogP contribution in [-0.2, 0) is 11.4 Å². The number of amides is 1. The lowest BCUT2D eigenvalue weighted by Crippen LogP contribution is -2.26. The number of anilines is 1. The summed E-state index contributed by atoms with van der Waals surface area (Å²) in [6.07, 6.45) is 1.60. The average Bonchev–Trinajstić information content (AvgIpc) is 2.73. The smallest absolute Gasteiger partial charge is 0.259 e. The lowest BCUT2D eigenvalue weighted by Gasteiger charge is -2.08. The molecule has 3 rings (SSSR count). The summed E-state index contributed by atoms with van der Waals surface area (Å²) >= 11 is 0. The van der Waals surface area contributed by atoms with Gasteiger partial charge in [0.1, 0.15) is 12.4 Å². The quantitative estimate of drug-likeness (QED) is 0.461. The molecular weight excluding hydrogens is 350 g/mol. The van der Waals surface area contributed by atoms with Gasteiger partial charge in [0.25, 0.3) is 5.91 Å². The third-order valence-electron chi connectivity index (χ3n) is 4.12. The molecule has 0 bridgehead atoms. The first-order valence-corrected chi connectivity index (χ1v) is 9.09. The molecule has 0 spiro atoms. The van der Waals surface area contributed by atoms with Crippen molar-refractivity contribution in [3.8, 4) is 5.75 Å². The van der Waals surface area contributed by atoms with Crippen molar-refractivity contribution in [3.05, 3.63) is 95.6 Å². The standard InChI is InChI=1S/C23H23N3O2/c1-18-7-5-6-10-22(18)24-16-23(27)26-25-15-19-11-13-21(14-12-19)28-17-20-8-3-2-4-9-20/h2-15,24H,16-17H2,1H3,(H,26,27)/b25-15-. The minimum absolute atomic E-state index is 0.161. The number of rotatable bonds is 8. The molecule has 0 saturated heterocycles. The average molecular weight is 373 g/mol. The molecule has 0 fully saturated rings. The Morgan fingerprint density at radius 3 is 2.43 bits per heavy atom. The summed E-state index contributed by atoms with van der Waals surface area (Å²) < 4.78 is 5.75. The van der Waals surface area contributed by atoms with Gasteiger partial charge >= 0.3 is 0 Å². The van der Waals surface area contributed by atoms with Crippen LogP contribution in [0.4, 0.5) is 5.69 Å². The molecule has 0 radical (unpaired) electrons. The Morgan fingerprint density at radius 1 is 0.964 bits per heavy atom. The molecule has 0 aliphatic carbocycles. The minimum Gasteiger partial charge on any atom is -0.489 e. The second kappa shape index (κ2) is 9.92. The van der Waals surface area contributed by atoms with E-state index in [9.17, 15) is 4.79 Å². The number of aryl methyl sites for hydroxylation is 1. The highest BCUT2D eigenvalue weighted by Gasteiger charge is 2.01. The van der Waals surface area contributed by atoms with Crippen LogP contribution >= 0.6 is 0 Å². The van der Waals surface area contributed by atoms with Crippen LogP contribution in [0.5, 0.6) is 5.75 Å². The largest absolute Gasteiger partial charge is 0.489 e. The van der Waals surface area contributed by atoms with Gasteiger partial charge in [-0.15, -0.1) is 0 Å². The van der Waals surface area contributed by atoms with E-state index in [1.165, 1.54) is 0 Å². The molecule has 0 aliphatic rings. The van der Waals surface area contributed by atoms with Crippen LogP contribution in [0.15, 0.2) is 84.0 Å².